The van der Waals surface area contributed by atoms with Gasteiger partial charge in [-0.05, 0) is 25.2 Å². The standard InChI is InChI=1S/C13H21N3O/c1-2-9-17-12-7-8-14-13(16-12)15-10-11-5-3-4-6-11/h7-8,11H,2-6,9-10H2,1H3,(H,14,15,16). The zero-order valence-electron chi connectivity index (χ0n) is 10.5. The van der Waals surface area contributed by atoms with E-state index in [1.807, 2.05) is 0 Å². The lowest BCUT2D eigenvalue weighted by atomic mass is 10.1. The fourth-order valence-electron chi connectivity index (χ4n) is 2.16. The van der Waals surface area contributed by atoms with Gasteiger partial charge in [-0.3, -0.25) is 0 Å². The molecule has 94 valence electrons. The number of hydrogen-bond acceptors (Lipinski definition) is 4. The van der Waals surface area contributed by atoms with E-state index >= 15 is 0 Å². The molecule has 0 radical (unpaired) electrons. The maximum atomic E-state index is 5.48. The van der Waals surface area contributed by atoms with E-state index in [-0.39, 0.29) is 0 Å². The SMILES string of the molecule is CCCOc1ccnc(NCC2CCCC2)n1. The first-order valence-corrected chi connectivity index (χ1v) is 6.58. The van der Waals surface area contributed by atoms with Crippen molar-refractivity contribution >= 4 is 5.95 Å². The van der Waals surface area contributed by atoms with Crippen LogP contribution in [-0.4, -0.2) is 23.1 Å². The van der Waals surface area contributed by atoms with E-state index in [4.69, 9.17) is 4.74 Å². The molecule has 0 saturated heterocycles. The molecular weight excluding hydrogens is 214 g/mol. The Kier molecular flexibility index (Phi) is 4.59. The third-order valence-corrected chi connectivity index (χ3v) is 3.11. The second kappa shape index (κ2) is 6.42. The first-order valence-electron chi connectivity index (χ1n) is 6.58. The van der Waals surface area contributed by atoms with Gasteiger partial charge in [-0.2, -0.15) is 4.98 Å². The van der Waals surface area contributed by atoms with Gasteiger partial charge >= 0.3 is 0 Å². The van der Waals surface area contributed by atoms with Crippen molar-refractivity contribution in [2.24, 2.45) is 5.92 Å². The first kappa shape index (κ1) is 12.1. The van der Waals surface area contributed by atoms with Crippen molar-refractivity contribution in [2.45, 2.75) is 39.0 Å². The topological polar surface area (TPSA) is 47.0 Å². The molecule has 0 atom stereocenters. The maximum absolute atomic E-state index is 5.48. The molecule has 0 unspecified atom stereocenters. The highest BCUT2D eigenvalue weighted by molar-refractivity contribution is 5.27. The van der Waals surface area contributed by atoms with Gasteiger partial charge in [0.25, 0.3) is 0 Å². The molecule has 1 N–H and O–H groups in total. The number of nitrogens with zero attached hydrogens (tertiary/aromatic N) is 2. The molecule has 4 heteroatoms. The lowest BCUT2D eigenvalue weighted by Gasteiger charge is -2.11. The van der Waals surface area contributed by atoms with Gasteiger partial charge in [-0.1, -0.05) is 19.8 Å². The Morgan fingerprint density at radius 1 is 1.41 bits per heavy atom. The van der Waals surface area contributed by atoms with Crippen LogP contribution in [0.2, 0.25) is 0 Å². The number of aromatic nitrogens is 2. The van der Waals surface area contributed by atoms with E-state index < -0.39 is 0 Å². The minimum atomic E-state index is 0.663. The molecule has 0 amide bonds. The lowest BCUT2D eigenvalue weighted by Crippen LogP contribution is -2.13. The van der Waals surface area contributed by atoms with Crippen LogP contribution in [0.25, 0.3) is 0 Å². The Bertz CT molecular complexity index is 337. The van der Waals surface area contributed by atoms with E-state index in [9.17, 15) is 0 Å². The van der Waals surface area contributed by atoms with Gasteiger partial charge in [0, 0.05) is 18.8 Å². The van der Waals surface area contributed by atoms with Crippen LogP contribution in [0.3, 0.4) is 0 Å². The predicted molar refractivity (Wildman–Crippen MR) is 68.3 cm³/mol. The largest absolute Gasteiger partial charge is 0.478 e. The molecule has 0 bridgehead atoms. The van der Waals surface area contributed by atoms with Crippen LogP contribution in [0.5, 0.6) is 5.88 Å². The lowest BCUT2D eigenvalue weighted by molar-refractivity contribution is 0.305. The highest BCUT2D eigenvalue weighted by atomic mass is 16.5. The molecule has 1 aromatic rings. The quantitative estimate of drug-likeness (QED) is 0.823. The number of hydrogen-bond donors (Lipinski definition) is 1. The molecule has 1 aromatic heterocycles. The van der Waals surface area contributed by atoms with Crippen molar-refractivity contribution in [3.05, 3.63) is 12.3 Å². The number of nitrogens with one attached hydrogen (secondary N) is 1. The molecule has 0 spiro atoms. The van der Waals surface area contributed by atoms with Crippen LogP contribution in [0.4, 0.5) is 5.95 Å². The highest BCUT2D eigenvalue weighted by Crippen LogP contribution is 2.24. The van der Waals surface area contributed by atoms with Crippen LogP contribution in [0, 0.1) is 5.92 Å². The minimum absolute atomic E-state index is 0.663. The summed E-state index contributed by atoms with van der Waals surface area (Å²) in [7, 11) is 0. The van der Waals surface area contributed by atoms with Gasteiger partial charge in [-0.15, -0.1) is 0 Å². The molecule has 0 aromatic carbocycles. The summed E-state index contributed by atoms with van der Waals surface area (Å²) in [6, 6.07) is 1.80. The summed E-state index contributed by atoms with van der Waals surface area (Å²) in [5.41, 5.74) is 0. The molecule has 1 saturated carbocycles. The number of anilines is 1. The summed E-state index contributed by atoms with van der Waals surface area (Å²) in [4.78, 5) is 8.53. The van der Waals surface area contributed by atoms with Gasteiger partial charge in [0.2, 0.25) is 11.8 Å². The zero-order valence-corrected chi connectivity index (χ0v) is 10.5. The van der Waals surface area contributed by atoms with Crippen molar-refractivity contribution in [3.8, 4) is 5.88 Å². The van der Waals surface area contributed by atoms with Crippen LogP contribution in [-0.2, 0) is 0 Å². The van der Waals surface area contributed by atoms with E-state index in [1.54, 1.807) is 12.3 Å². The molecule has 1 heterocycles. The summed E-state index contributed by atoms with van der Waals surface area (Å²) in [6.07, 6.45) is 8.14. The predicted octanol–water partition coefficient (Wildman–Crippen LogP) is 2.87. The van der Waals surface area contributed by atoms with Crippen LogP contribution < -0.4 is 10.1 Å². The van der Waals surface area contributed by atoms with Crippen molar-refractivity contribution in [2.75, 3.05) is 18.5 Å². The molecule has 1 fully saturated rings. The van der Waals surface area contributed by atoms with E-state index in [0.29, 0.717) is 18.4 Å². The molecule has 17 heavy (non-hydrogen) atoms. The normalized spacial score (nSPS) is 16.1. The average molecular weight is 235 g/mol. The Balaban J connectivity index is 1.82. The second-order valence-corrected chi connectivity index (χ2v) is 4.60. The van der Waals surface area contributed by atoms with Gasteiger partial charge in [0.1, 0.15) is 0 Å². The molecule has 1 aliphatic rings. The van der Waals surface area contributed by atoms with Crippen LogP contribution in [0.1, 0.15) is 39.0 Å². The molecular formula is C13H21N3O. The second-order valence-electron chi connectivity index (χ2n) is 4.60. The highest BCUT2D eigenvalue weighted by Gasteiger charge is 2.14. The summed E-state index contributed by atoms with van der Waals surface area (Å²) < 4.78 is 5.48. The summed E-state index contributed by atoms with van der Waals surface area (Å²) in [5, 5.41) is 3.30. The third kappa shape index (κ3) is 3.88. The van der Waals surface area contributed by atoms with Gasteiger partial charge in [0.05, 0.1) is 6.61 Å². The average Bonchev–Trinajstić information content (AvgIpc) is 2.87. The first-order chi connectivity index (χ1) is 8.38. The smallest absolute Gasteiger partial charge is 0.225 e. The summed E-state index contributed by atoms with van der Waals surface area (Å²) in [5.74, 6) is 2.14. The van der Waals surface area contributed by atoms with Gasteiger partial charge in [0.15, 0.2) is 0 Å². The number of rotatable bonds is 6. The van der Waals surface area contributed by atoms with E-state index in [2.05, 4.69) is 22.2 Å². The van der Waals surface area contributed by atoms with E-state index in [1.165, 1.54) is 25.7 Å². The molecule has 1 aliphatic carbocycles. The monoisotopic (exact) mass is 235 g/mol. The fraction of sp³-hybridized carbons (Fsp3) is 0.692. The van der Waals surface area contributed by atoms with Crippen LogP contribution in [0.15, 0.2) is 12.3 Å². The van der Waals surface area contributed by atoms with Crippen molar-refractivity contribution < 1.29 is 4.74 Å². The Morgan fingerprint density at radius 3 is 3.00 bits per heavy atom. The van der Waals surface area contributed by atoms with Gasteiger partial charge in [-0.25, -0.2) is 4.98 Å². The summed E-state index contributed by atoms with van der Waals surface area (Å²) >= 11 is 0. The zero-order chi connectivity index (χ0) is 11.9. The Hall–Kier alpha value is -1.32. The number of ether oxygens (including phenoxy) is 1. The van der Waals surface area contributed by atoms with Crippen molar-refractivity contribution in [3.63, 3.8) is 0 Å². The van der Waals surface area contributed by atoms with E-state index in [0.717, 1.165) is 18.9 Å². The Labute approximate surface area is 103 Å². The molecule has 0 aliphatic heterocycles. The summed E-state index contributed by atoms with van der Waals surface area (Å²) in [6.45, 7) is 3.77. The van der Waals surface area contributed by atoms with Crippen LogP contribution >= 0.6 is 0 Å². The third-order valence-electron chi connectivity index (χ3n) is 3.11. The van der Waals surface area contributed by atoms with Crippen molar-refractivity contribution in [1.82, 2.24) is 9.97 Å². The fourth-order valence-corrected chi connectivity index (χ4v) is 2.16. The Morgan fingerprint density at radius 2 is 2.24 bits per heavy atom. The van der Waals surface area contributed by atoms with Gasteiger partial charge < -0.3 is 10.1 Å². The van der Waals surface area contributed by atoms with Crippen molar-refractivity contribution in [1.29, 1.82) is 0 Å². The maximum Gasteiger partial charge on any atom is 0.225 e. The molecule has 2 rings (SSSR count). The minimum Gasteiger partial charge on any atom is -0.478 e. The molecule has 4 nitrogen and oxygen atoms in total.